The summed E-state index contributed by atoms with van der Waals surface area (Å²) in [5.41, 5.74) is 1.95. The summed E-state index contributed by atoms with van der Waals surface area (Å²) in [5, 5.41) is 10.0. The van der Waals surface area contributed by atoms with Gasteiger partial charge in [0.15, 0.2) is 5.82 Å². The van der Waals surface area contributed by atoms with Gasteiger partial charge in [-0.15, -0.1) is 0 Å². The number of aryl methyl sites for hydroxylation is 2. The number of hydrogen-bond donors (Lipinski definition) is 2. The molecule has 0 spiro atoms. The fourth-order valence-electron chi connectivity index (χ4n) is 2.90. The summed E-state index contributed by atoms with van der Waals surface area (Å²) >= 11 is 0. The van der Waals surface area contributed by atoms with Gasteiger partial charge in [-0.2, -0.15) is 5.10 Å². The van der Waals surface area contributed by atoms with E-state index in [-0.39, 0.29) is 17.7 Å². The minimum atomic E-state index is -0.133. The predicted octanol–water partition coefficient (Wildman–Crippen LogP) is 2.13. The van der Waals surface area contributed by atoms with Crippen LogP contribution >= 0.6 is 0 Å². The lowest BCUT2D eigenvalue weighted by Gasteiger charge is -2.19. The number of anilines is 2. The Morgan fingerprint density at radius 1 is 1.40 bits per heavy atom. The van der Waals surface area contributed by atoms with Crippen molar-refractivity contribution in [1.29, 1.82) is 0 Å². The van der Waals surface area contributed by atoms with Crippen LogP contribution in [0.3, 0.4) is 0 Å². The molecule has 1 aromatic heterocycles. The van der Waals surface area contributed by atoms with Gasteiger partial charge in [-0.3, -0.25) is 14.3 Å². The number of aromatic nitrogens is 2. The molecule has 2 heterocycles. The van der Waals surface area contributed by atoms with Gasteiger partial charge in [0.05, 0.1) is 7.11 Å². The Hall–Kier alpha value is -2.83. The Morgan fingerprint density at radius 3 is 2.80 bits per heavy atom. The zero-order chi connectivity index (χ0) is 18.0. The van der Waals surface area contributed by atoms with E-state index >= 15 is 0 Å². The molecule has 0 radical (unpaired) electrons. The highest BCUT2D eigenvalue weighted by Crippen LogP contribution is 2.31. The molecule has 0 saturated carbocycles. The fraction of sp³-hybridized carbons (Fsp3) is 0.389. The second-order valence-corrected chi connectivity index (χ2v) is 6.29. The zero-order valence-corrected chi connectivity index (χ0v) is 14.6. The molecule has 3 rings (SSSR count). The van der Waals surface area contributed by atoms with Crippen LogP contribution in [-0.4, -0.2) is 28.7 Å². The maximum Gasteiger partial charge on any atom is 0.228 e. The first-order chi connectivity index (χ1) is 12.0. The molecular weight excluding hydrogens is 320 g/mol. The highest BCUT2D eigenvalue weighted by Gasteiger charge is 2.29. The van der Waals surface area contributed by atoms with Crippen molar-refractivity contribution in [3.63, 3.8) is 0 Å². The van der Waals surface area contributed by atoms with Gasteiger partial charge in [-0.25, -0.2) is 0 Å². The summed E-state index contributed by atoms with van der Waals surface area (Å²) in [5.74, 6) is 1.74. The number of nitrogens with one attached hydrogen (secondary N) is 2. The van der Waals surface area contributed by atoms with Crippen LogP contribution in [0.2, 0.25) is 0 Å². The molecule has 132 valence electrons. The standard InChI is InChI=1S/C18H22N4O3/c1-11-10-14-16(21-22(2)17(14)20-18(11)24)19-15(23)9-6-12-4-7-13(25-3)8-5-12/h4-5,7-8,11H,6,9-10H2,1-3H3,(H,20,24)(H,19,21,23)/t11-/m0/s1. The van der Waals surface area contributed by atoms with Crippen molar-refractivity contribution in [2.45, 2.75) is 26.2 Å². The zero-order valence-electron chi connectivity index (χ0n) is 14.6. The minimum Gasteiger partial charge on any atom is -0.497 e. The molecule has 7 heteroatoms. The normalized spacial score (nSPS) is 16.1. The maximum atomic E-state index is 12.3. The summed E-state index contributed by atoms with van der Waals surface area (Å²) in [7, 11) is 3.38. The average molecular weight is 342 g/mol. The molecule has 0 fully saturated rings. The number of ether oxygens (including phenoxy) is 1. The Kier molecular flexibility index (Phi) is 4.74. The molecule has 1 atom stereocenters. The van der Waals surface area contributed by atoms with Crippen LogP contribution in [0, 0.1) is 5.92 Å². The molecule has 2 aromatic rings. The van der Waals surface area contributed by atoms with Crippen LogP contribution in [0.25, 0.3) is 0 Å². The number of methoxy groups -OCH3 is 1. The quantitative estimate of drug-likeness (QED) is 0.872. The Bertz CT molecular complexity index is 795. The van der Waals surface area contributed by atoms with E-state index in [2.05, 4.69) is 15.7 Å². The molecule has 0 aliphatic carbocycles. The topological polar surface area (TPSA) is 85.2 Å². The van der Waals surface area contributed by atoms with Crippen molar-refractivity contribution >= 4 is 23.5 Å². The number of carbonyl (C=O) groups is 2. The summed E-state index contributed by atoms with van der Waals surface area (Å²) in [6.07, 6.45) is 1.57. The third-order valence-electron chi connectivity index (χ3n) is 4.40. The first-order valence-corrected chi connectivity index (χ1v) is 8.27. The summed E-state index contributed by atoms with van der Waals surface area (Å²) in [6, 6.07) is 7.66. The van der Waals surface area contributed by atoms with Crippen LogP contribution in [0.15, 0.2) is 24.3 Å². The van der Waals surface area contributed by atoms with E-state index in [0.29, 0.717) is 30.9 Å². The van der Waals surface area contributed by atoms with Crippen LogP contribution in [0.1, 0.15) is 24.5 Å². The van der Waals surface area contributed by atoms with Gasteiger partial charge in [0.1, 0.15) is 11.6 Å². The van der Waals surface area contributed by atoms with Gasteiger partial charge < -0.3 is 15.4 Å². The van der Waals surface area contributed by atoms with Gasteiger partial charge in [-0.1, -0.05) is 19.1 Å². The first-order valence-electron chi connectivity index (χ1n) is 8.27. The molecule has 1 aromatic carbocycles. The molecular formula is C18H22N4O3. The Labute approximate surface area is 146 Å². The van der Waals surface area contributed by atoms with Gasteiger partial charge in [0, 0.05) is 24.9 Å². The van der Waals surface area contributed by atoms with Crippen LogP contribution in [0.4, 0.5) is 11.6 Å². The Balaban J connectivity index is 1.63. The summed E-state index contributed by atoms with van der Waals surface area (Å²) in [6.45, 7) is 1.86. The molecule has 0 saturated heterocycles. The SMILES string of the molecule is COc1ccc(CCC(=O)Nc2nn(C)c3c2C[C@H](C)C(=O)N3)cc1. The lowest BCUT2D eigenvalue weighted by molar-refractivity contribution is -0.119. The van der Waals surface area contributed by atoms with E-state index < -0.39 is 0 Å². The van der Waals surface area contributed by atoms with Crippen molar-refractivity contribution in [2.75, 3.05) is 17.7 Å². The highest BCUT2D eigenvalue weighted by molar-refractivity contribution is 5.97. The fourth-order valence-corrected chi connectivity index (χ4v) is 2.90. The first kappa shape index (κ1) is 17.0. The van der Waals surface area contributed by atoms with Gasteiger partial charge >= 0.3 is 0 Å². The number of benzene rings is 1. The Morgan fingerprint density at radius 2 is 2.12 bits per heavy atom. The molecule has 0 unspecified atom stereocenters. The third-order valence-corrected chi connectivity index (χ3v) is 4.40. The van der Waals surface area contributed by atoms with Crippen LogP contribution in [-0.2, 0) is 29.5 Å². The number of rotatable bonds is 5. The van der Waals surface area contributed by atoms with Gasteiger partial charge in [-0.05, 0) is 30.5 Å². The second-order valence-electron chi connectivity index (χ2n) is 6.29. The molecule has 2 N–H and O–H groups in total. The van der Waals surface area contributed by atoms with E-state index in [9.17, 15) is 9.59 Å². The van der Waals surface area contributed by atoms with Gasteiger partial charge in [0.2, 0.25) is 11.8 Å². The summed E-state index contributed by atoms with van der Waals surface area (Å²) < 4.78 is 6.72. The van der Waals surface area contributed by atoms with E-state index in [1.807, 2.05) is 31.2 Å². The largest absolute Gasteiger partial charge is 0.497 e. The molecule has 2 amide bonds. The van der Waals surface area contributed by atoms with E-state index in [1.165, 1.54) is 0 Å². The molecule has 25 heavy (non-hydrogen) atoms. The lowest BCUT2D eigenvalue weighted by Crippen LogP contribution is -2.28. The lowest BCUT2D eigenvalue weighted by atomic mass is 9.98. The van der Waals surface area contributed by atoms with Crippen molar-refractivity contribution < 1.29 is 14.3 Å². The monoisotopic (exact) mass is 342 g/mol. The number of amides is 2. The number of fused-ring (bicyclic) bond motifs is 1. The van der Waals surface area contributed by atoms with E-state index in [1.54, 1.807) is 18.8 Å². The smallest absolute Gasteiger partial charge is 0.228 e. The average Bonchev–Trinajstić information content (AvgIpc) is 2.89. The number of nitrogens with zero attached hydrogens (tertiary/aromatic N) is 2. The van der Waals surface area contributed by atoms with Crippen molar-refractivity contribution in [1.82, 2.24) is 9.78 Å². The predicted molar refractivity (Wildman–Crippen MR) is 94.7 cm³/mol. The molecule has 1 aliphatic heterocycles. The van der Waals surface area contributed by atoms with Crippen molar-refractivity contribution in [3.8, 4) is 5.75 Å². The maximum absolute atomic E-state index is 12.3. The summed E-state index contributed by atoms with van der Waals surface area (Å²) in [4.78, 5) is 24.1. The second kappa shape index (κ2) is 6.96. The highest BCUT2D eigenvalue weighted by atomic mass is 16.5. The minimum absolute atomic E-state index is 0.0205. The van der Waals surface area contributed by atoms with E-state index in [0.717, 1.165) is 16.9 Å². The van der Waals surface area contributed by atoms with E-state index in [4.69, 9.17) is 4.74 Å². The van der Waals surface area contributed by atoms with Crippen LogP contribution < -0.4 is 15.4 Å². The van der Waals surface area contributed by atoms with Gasteiger partial charge in [0.25, 0.3) is 0 Å². The number of carbonyl (C=O) groups excluding carboxylic acids is 2. The molecule has 7 nitrogen and oxygen atoms in total. The number of hydrogen-bond acceptors (Lipinski definition) is 4. The molecule has 1 aliphatic rings. The third kappa shape index (κ3) is 3.65. The van der Waals surface area contributed by atoms with Crippen molar-refractivity contribution in [2.24, 2.45) is 13.0 Å². The van der Waals surface area contributed by atoms with Crippen molar-refractivity contribution in [3.05, 3.63) is 35.4 Å². The van der Waals surface area contributed by atoms with Crippen LogP contribution in [0.5, 0.6) is 5.75 Å². The molecule has 0 bridgehead atoms.